The van der Waals surface area contributed by atoms with E-state index >= 15 is 0 Å². The molecule has 0 radical (unpaired) electrons. The Bertz CT molecular complexity index is 425. The molecule has 4 heteroatoms. The molecule has 0 spiro atoms. The van der Waals surface area contributed by atoms with Gasteiger partial charge in [-0.3, -0.25) is 9.69 Å². The minimum absolute atomic E-state index is 0.256. The number of aliphatic hydroxyl groups excluding tert-OH is 1. The van der Waals surface area contributed by atoms with Gasteiger partial charge in [-0.15, -0.1) is 6.42 Å². The van der Waals surface area contributed by atoms with E-state index in [1.54, 1.807) is 43.1 Å². The molecule has 18 heavy (non-hydrogen) atoms. The summed E-state index contributed by atoms with van der Waals surface area (Å²) in [4.78, 5) is 13.6. The zero-order chi connectivity index (χ0) is 13.5. The first-order valence-corrected chi connectivity index (χ1v) is 5.74. The smallest absolute Gasteiger partial charge is 0.253 e. The van der Waals surface area contributed by atoms with Gasteiger partial charge in [0, 0.05) is 5.56 Å². The van der Waals surface area contributed by atoms with Gasteiger partial charge in [-0.05, 0) is 26.1 Å². The van der Waals surface area contributed by atoms with Crippen LogP contribution in [0.15, 0.2) is 30.3 Å². The molecule has 0 fully saturated rings. The second-order valence-electron chi connectivity index (χ2n) is 4.14. The van der Waals surface area contributed by atoms with Crippen LogP contribution >= 0.6 is 0 Å². The molecule has 0 aliphatic heterocycles. The first-order valence-electron chi connectivity index (χ1n) is 5.74. The van der Waals surface area contributed by atoms with Crippen LogP contribution in [-0.2, 0) is 0 Å². The Hall–Kier alpha value is -1.83. The van der Waals surface area contributed by atoms with Crippen LogP contribution in [0.5, 0.6) is 0 Å². The van der Waals surface area contributed by atoms with E-state index < -0.39 is 6.23 Å². The Morgan fingerprint density at radius 1 is 1.50 bits per heavy atom. The Labute approximate surface area is 108 Å². The van der Waals surface area contributed by atoms with E-state index in [1.165, 1.54) is 0 Å². The summed E-state index contributed by atoms with van der Waals surface area (Å²) in [5.74, 6) is 2.19. The highest BCUT2D eigenvalue weighted by Crippen LogP contribution is 2.02. The molecule has 1 aromatic rings. The van der Waals surface area contributed by atoms with E-state index in [1.807, 2.05) is 6.07 Å². The summed E-state index contributed by atoms with van der Waals surface area (Å²) < 4.78 is 0. The molecule has 0 saturated carbocycles. The maximum atomic E-state index is 11.8. The number of aliphatic hydroxyl groups is 1. The summed E-state index contributed by atoms with van der Waals surface area (Å²) in [5, 5.41) is 12.4. The van der Waals surface area contributed by atoms with Crippen molar-refractivity contribution >= 4 is 5.91 Å². The monoisotopic (exact) mass is 246 g/mol. The fraction of sp³-hybridized carbons (Fsp3) is 0.357. The van der Waals surface area contributed by atoms with Gasteiger partial charge in [-0.2, -0.15) is 0 Å². The van der Waals surface area contributed by atoms with E-state index in [2.05, 4.69) is 11.2 Å². The van der Waals surface area contributed by atoms with E-state index in [4.69, 9.17) is 6.42 Å². The second kappa shape index (κ2) is 6.80. The summed E-state index contributed by atoms with van der Waals surface area (Å²) in [6.45, 7) is 2.21. The van der Waals surface area contributed by atoms with Crippen molar-refractivity contribution in [2.75, 3.05) is 13.6 Å². The van der Waals surface area contributed by atoms with Crippen molar-refractivity contribution in [3.63, 3.8) is 0 Å². The molecule has 1 aromatic carbocycles. The number of hydrogen-bond donors (Lipinski definition) is 2. The van der Waals surface area contributed by atoms with Crippen LogP contribution in [-0.4, -0.2) is 41.8 Å². The van der Waals surface area contributed by atoms with E-state index in [9.17, 15) is 9.90 Å². The zero-order valence-electron chi connectivity index (χ0n) is 10.6. The lowest BCUT2D eigenvalue weighted by atomic mass is 10.2. The van der Waals surface area contributed by atoms with Crippen molar-refractivity contribution in [3.8, 4) is 12.3 Å². The van der Waals surface area contributed by atoms with Gasteiger partial charge in [0.1, 0.15) is 6.23 Å². The molecule has 0 aliphatic carbocycles. The Balaban J connectivity index is 2.57. The summed E-state index contributed by atoms with van der Waals surface area (Å²) in [6.07, 6.45) is 4.24. The van der Waals surface area contributed by atoms with E-state index in [0.29, 0.717) is 12.1 Å². The van der Waals surface area contributed by atoms with Gasteiger partial charge in [0.2, 0.25) is 0 Å². The molecule has 1 amide bonds. The quantitative estimate of drug-likeness (QED) is 0.593. The van der Waals surface area contributed by atoms with Gasteiger partial charge in [-0.1, -0.05) is 24.1 Å². The molecule has 0 saturated heterocycles. The highest BCUT2D eigenvalue weighted by molar-refractivity contribution is 5.94. The predicted molar refractivity (Wildman–Crippen MR) is 70.8 cm³/mol. The van der Waals surface area contributed by atoms with Crippen molar-refractivity contribution in [3.05, 3.63) is 35.9 Å². The van der Waals surface area contributed by atoms with Gasteiger partial charge in [-0.25, -0.2) is 0 Å². The number of amides is 1. The largest absolute Gasteiger partial charge is 0.372 e. The zero-order valence-corrected chi connectivity index (χ0v) is 10.6. The van der Waals surface area contributed by atoms with Crippen molar-refractivity contribution in [1.29, 1.82) is 0 Å². The Morgan fingerprint density at radius 2 is 2.11 bits per heavy atom. The van der Waals surface area contributed by atoms with Crippen molar-refractivity contribution in [1.82, 2.24) is 10.2 Å². The van der Waals surface area contributed by atoms with Gasteiger partial charge in [0.25, 0.3) is 5.91 Å². The van der Waals surface area contributed by atoms with Crippen molar-refractivity contribution < 1.29 is 9.90 Å². The summed E-state index contributed by atoms with van der Waals surface area (Å²) in [5.41, 5.74) is 0.517. The van der Waals surface area contributed by atoms with Crippen LogP contribution in [0.2, 0.25) is 0 Å². The Morgan fingerprint density at radius 3 is 2.67 bits per heavy atom. The van der Waals surface area contributed by atoms with Crippen LogP contribution in [0.3, 0.4) is 0 Å². The van der Waals surface area contributed by atoms with E-state index in [-0.39, 0.29) is 11.9 Å². The SMILES string of the molecule is C#CCN(C)C(C)C(O)NC(=O)c1ccccc1. The molecule has 0 aromatic heterocycles. The standard InChI is InChI=1S/C14H18N2O2/c1-4-10-16(3)11(2)13(17)15-14(18)12-8-6-5-7-9-12/h1,5-9,11,13,17H,10H2,2-3H3,(H,15,18). The number of hydrogen-bond acceptors (Lipinski definition) is 3. The molecule has 2 N–H and O–H groups in total. The summed E-state index contributed by atoms with van der Waals surface area (Å²) in [7, 11) is 1.79. The normalized spacial score (nSPS) is 13.7. The lowest BCUT2D eigenvalue weighted by Crippen LogP contribution is -2.49. The van der Waals surface area contributed by atoms with Crippen LogP contribution in [0, 0.1) is 12.3 Å². The average molecular weight is 246 g/mol. The van der Waals surface area contributed by atoms with Crippen LogP contribution in [0.1, 0.15) is 17.3 Å². The number of benzene rings is 1. The van der Waals surface area contributed by atoms with Crippen molar-refractivity contribution in [2.24, 2.45) is 0 Å². The lowest BCUT2D eigenvalue weighted by molar-refractivity contribution is 0.0452. The Kier molecular flexibility index (Phi) is 5.37. The number of likely N-dealkylation sites (N-methyl/N-ethyl adjacent to an activating group) is 1. The van der Waals surface area contributed by atoms with Gasteiger partial charge < -0.3 is 10.4 Å². The van der Waals surface area contributed by atoms with Gasteiger partial charge in [0.05, 0.1) is 12.6 Å². The number of nitrogens with zero attached hydrogens (tertiary/aromatic N) is 1. The number of carbonyl (C=O) groups is 1. The average Bonchev–Trinajstić information content (AvgIpc) is 2.39. The second-order valence-corrected chi connectivity index (χ2v) is 4.14. The molecular formula is C14H18N2O2. The molecular weight excluding hydrogens is 228 g/mol. The maximum Gasteiger partial charge on any atom is 0.253 e. The minimum Gasteiger partial charge on any atom is -0.372 e. The third-order valence-corrected chi connectivity index (χ3v) is 2.81. The highest BCUT2D eigenvalue weighted by Gasteiger charge is 2.20. The fourth-order valence-corrected chi connectivity index (χ4v) is 1.46. The molecule has 2 atom stereocenters. The molecule has 4 nitrogen and oxygen atoms in total. The molecule has 0 aliphatic rings. The first-order chi connectivity index (χ1) is 8.56. The summed E-state index contributed by atoms with van der Waals surface area (Å²) >= 11 is 0. The number of rotatable bonds is 5. The molecule has 2 unspecified atom stereocenters. The van der Waals surface area contributed by atoms with Crippen LogP contribution < -0.4 is 5.32 Å². The number of terminal acetylenes is 1. The molecule has 96 valence electrons. The van der Waals surface area contributed by atoms with Crippen molar-refractivity contribution in [2.45, 2.75) is 19.2 Å². The maximum absolute atomic E-state index is 11.8. The van der Waals surface area contributed by atoms with E-state index in [0.717, 1.165) is 0 Å². The summed E-state index contributed by atoms with van der Waals surface area (Å²) in [6, 6.07) is 8.50. The van der Waals surface area contributed by atoms with Crippen LogP contribution in [0.25, 0.3) is 0 Å². The third-order valence-electron chi connectivity index (χ3n) is 2.81. The van der Waals surface area contributed by atoms with Gasteiger partial charge in [0.15, 0.2) is 0 Å². The van der Waals surface area contributed by atoms with Crippen LogP contribution in [0.4, 0.5) is 0 Å². The molecule has 0 bridgehead atoms. The highest BCUT2D eigenvalue weighted by atomic mass is 16.3. The lowest BCUT2D eigenvalue weighted by Gasteiger charge is -2.27. The number of carbonyl (C=O) groups excluding carboxylic acids is 1. The first kappa shape index (κ1) is 14.2. The minimum atomic E-state index is -0.962. The topological polar surface area (TPSA) is 52.6 Å². The molecule has 1 rings (SSSR count). The number of nitrogens with one attached hydrogen (secondary N) is 1. The fourth-order valence-electron chi connectivity index (χ4n) is 1.46. The van der Waals surface area contributed by atoms with Gasteiger partial charge >= 0.3 is 0 Å². The predicted octanol–water partition coefficient (Wildman–Crippen LogP) is 0.688. The third kappa shape index (κ3) is 3.88. The molecule has 0 heterocycles.